The van der Waals surface area contributed by atoms with Crippen molar-refractivity contribution in [2.24, 2.45) is 12.5 Å². The third kappa shape index (κ3) is 3.89. The lowest BCUT2D eigenvalue weighted by Gasteiger charge is -2.19. The number of carboxylic acid groups (broad SMARTS) is 1. The Bertz CT molecular complexity index is 847. The molecule has 1 atom stereocenters. The van der Waals surface area contributed by atoms with Gasteiger partial charge in [-0.25, -0.2) is 4.67 Å². The summed E-state index contributed by atoms with van der Waals surface area (Å²) in [5.41, 5.74) is 1.75. The second-order valence-corrected chi connectivity index (χ2v) is 9.23. The molecule has 3 heterocycles. The maximum absolute atomic E-state index is 13.0. The fourth-order valence-electron chi connectivity index (χ4n) is 3.22. The van der Waals surface area contributed by atoms with Gasteiger partial charge in [0.1, 0.15) is 0 Å². The molecule has 7 nitrogen and oxygen atoms in total. The first kappa shape index (κ1) is 18.8. The summed E-state index contributed by atoms with van der Waals surface area (Å²) < 4.78 is 16.8. The van der Waals surface area contributed by atoms with Gasteiger partial charge in [0.25, 0.3) is 0 Å². The van der Waals surface area contributed by atoms with Crippen LogP contribution in [0.15, 0.2) is 24.4 Å². The average molecular weight is 376 g/mol. The molecule has 2 aromatic heterocycles. The van der Waals surface area contributed by atoms with Crippen LogP contribution in [0.25, 0.3) is 0 Å². The lowest BCUT2D eigenvalue weighted by atomic mass is 9.88. The van der Waals surface area contributed by atoms with E-state index in [1.807, 2.05) is 29.9 Å². The molecule has 0 amide bonds. The number of aliphatic carboxylic acids is 1. The summed E-state index contributed by atoms with van der Waals surface area (Å²) in [6, 6.07) is 5.67. The first-order valence-corrected chi connectivity index (χ1v) is 10.1. The van der Waals surface area contributed by atoms with Crippen LogP contribution in [0, 0.1) is 5.41 Å². The summed E-state index contributed by atoms with van der Waals surface area (Å²) in [6.07, 6.45) is 3.86. The molecule has 1 aliphatic heterocycles. The van der Waals surface area contributed by atoms with Crippen LogP contribution in [0.5, 0.6) is 0 Å². The van der Waals surface area contributed by atoms with Gasteiger partial charge in [-0.15, -0.1) is 0 Å². The molecule has 26 heavy (non-hydrogen) atoms. The molecule has 2 aromatic rings. The molecular formula is C18H25N4O3P. The van der Waals surface area contributed by atoms with Crippen molar-refractivity contribution >= 4 is 19.2 Å². The zero-order valence-electron chi connectivity index (χ0n) is 15.4. The van der Waals surface area contributed by atoms with Crippen molar-refractivity contribution in [1.82, 2.24) is 19.4 Å². The van der Waals surface area contributed by atoms with E-state index in [4.69, 9.17) is 0 Å². The minimum atomic E-state index is -2.09. The van der Waals surface area contributed by atoms with Gasteiger partial charge in [-0.2, -0.15) is 5.10 Å². The third-order valence-corrected chi connectivity index (χ3v) is 6.70. The molecular weight excluding hydrogens is 351 g/mol. The first-order chi connectivity index (χ1) is 12.3. The maximum Gasteiger partial charge on any atom is 0.309 e. The molecule has 0 fully saturated rings. The van der Waals surface area contributed by atoms with Gasteiger partial charge >= 0.3 is 5.97 Å². The fourth-order valence-corrected chi connectivity index (χ4v) is 4.90. The van der Waals surface area contributed by atoms with Crippen LogP contribution in [-0.4, -0.2) is 37.1 Å². The van der Waals surface area contributed by atoms with E-state index in [9.17, 15) is 14.5 Å². The highest BCUT2D eigenvalue weighted by Gasteiger charge is 2.29. The Morgan fingerprint density at radius 2 is 2.19 bits per heavy atom. The van der Waals surface area contributed by atoms with Gasteiger partial charge in [-0.1, -0.05) is 0 Å². The second kappa shape index (κ2) is 7.33. The molecule has 8 heteroatoms. The molecule has 0 radical (unpaired) electrons. The van der Waals surface area contributed by atoms with E-state index in [2.05, 4.69) is 10.1 Å². The van der Waals surface area contributed by atoms with Crippen molar-refractivity contribution in [3.63, 3.8) is 0 Å². The second-order valence-electron chi connectivity index (χ2n) is 7.44. The predicted octanol–water partition coefficient (Wildman–Crippen LogP) is 2.02. The summed E-state index contributed by atoms with van der Waals surface area (Å²) in [7, 11) is -0.247. The Hall–Kier alpha value is -1.98. The Morgan fingerprint density at radius 3 is 2.92 bits per heavy atom. The van der Waals surface area contributed by atoms with Gasteiger partial charge in [-0.3, -0.25) is 14.5 Å². The Morgan fingerprint density at radius 1 is 1.42 bits per heavy atom. The van der Waals surface area contributed by atoms with Gasteiger partial charge in [0, 0.05) is 38.1 Å². The van der Waals surface area contributed by atoms with Crippen LogP contribution >= 0.6 is 7.95 Å². The topological polar surface area (TPSA) is 88.3 Å². The Balaban J connectivity index is 1.79. The Labute approximate surface area is 153 Å². The van der Waals surface area contributed by atoms with Gasteiger partial charge in [0.15, 0.2) is 7.95 Å². The maximum atomic E-state index is 13.0. The largest absolute Gasteiger partial charge is 0.481 e. The molecule has 1 aliphatic rings. The van der Waals surface area contributed by atoms with Gasteiger partial charge < -0.3 is 9.67 Å². The lowest BCUT2D eigenvalue weighted by Crippen LogP contribution is -2.26. The summed E-state index contributed by atoms with van der Waals surface area (Å²) >= 11 is 0. The van der Waals surface area contributed by atoms with E-state index in [0.29, 0.717) is 13.0 Å². The predicted molar refractivity (Wildman–Crippen MR) is 99.9 cm³/mol. The van der Waals surface area contributed by atoms with E-state index < -0.39 is 19.3 Å². The number of nitrogens with zero attached hydrogens (tertiary/aromatic N) is 4. The number of hydrogen-bond acceptors (Lipinski definition) is 4. The van der Waals surface area contributed by atoms with E-state index in [0.717, 1.165) is 41.8 Å². The van der Waals surface area contributed by atoms with Gasteiger partial charge in [0.2, 0.25) is 0 Å². The SMILES string of the molecule is Cn1nc(CC(C)(C)C(=O)O)cc1CN1CCCc2ncccc2[PH]1=O. The zero-order chi connectivity index (χ0) is 18.9. The number of carboxylic acids is 1. The number of fused-ring (bicyclic) bond motifs is 1. The van der Waals surface area contributed by atoms with Crippen molar-refractivity contribution in [1.29, 1.82) is 0 Å². The minimum absolute atomic E-state index is 0.359. The number of rotatable bonds is 5. The highest BCUT2D eigenvalue weighted by Crippen LogP contribution is 2.32. The quantitative estimate of drug-likeness (QED) is 0.803. The third-order valence-electron chi connectivity index (χ3n) is 4.83. The summed E-state index contributed by atoms with van der Waals surface area (Å²) in [5, 5.41) is 14.6. The van der Waals surface area contributed by atoms with E-state index >= 15 is 0 Å². The molecule has 0 aliphatic carbocycles. The molecule has 1 N–H and O–H groups in total. The van der Waals surface area contributed by atoms with Crippen molar-refractivity contribution in [2.75, 3.05) is 6.54 Å². The number of aromatic nitrogens is 3. The highest BCUT2D eigenvalue weighted by molar-refractivity contribution is 7.51. The van der Waals surface area contributed by atoms with Crippen molar-refractivity contribution in [3.8, 4) is 0 Å². The molecule has 0 aromatic carbocycles. The number of hydrogen-bond donors (Lipinski definition) is 1. The van der Waals surface area contributed by atoms with E-state index in [1.54, 1.807) is 24.7 Å². The summed E-state index contributed by atoms with van der Waals surface area (Å²) in [4.78, 5) is 15.7. The van der Waals surface area contributed by atoms with Crippen LogP contribution in [0.3, 0.4) is 0 Å². The van der Waals surface area contributed by atoms with E-state index in [1.165, 1.54) is 0 Å². The molecule has 140 valence electrons. The summed E-state index contributed by atoms with van der Waals surface area (Å²) in [5.74, 6) is -0.841. The number of aryl methyl sites for hydroxylation is 2. The van der Waals surface area contributed by atoms with Crippen LogP contribution < -0.4 is 5.30 Å². The molecule has 0 spiro atoms. The van der Waals surface area contributed by atoms with E-state index in [-0.39, 0.29) is 0 Å². The van der Waals surface area contributed by atoms with Crippen molar-refractivity contribution in [2.45, 2.75) is 39.7 Å². The first-order valence-electron chi connectivity index (χ1n) is 8.76. The molecule has 1 unspecified atom stereocenters. The van der Waals surface area contributed by atoms with Crippen LogP contribution in [0.4, 0.5) is 0 Å². The lowest BCUT2D eigenvalue weighted by molar-refractivity contribution is -0.146. The van der Waals surface area contributed by atoms with Gasteiger partial charge in [0.05, 0.1) is 22.5 Å². The number of carbonyl (C=O) groups is 1. The zero-order valence-corrected chi connectivity index (χ0v) is 16.4. The minimum Gasteiger partial charge on any atom is -0.481 e. The molecule has 0 saturated carbocycles. The average Bonchev–Trinajstić information content (AvgIpc) is 2.83. The van der Waals surface area contributed by atoms with Crippen molar-refractivity contribution in [3.05, 3.63) is 41.5 Å². The molecule has 0 saturated heterocycles. The number of pyridine rings is 1. The monoisotopic (exact) mass is 376 g/mol. The van der Waals surface area contributed by atoms with Crippen LogP contribution in [0.2, 0.25) is 0 Å². The molecule has 0 bridgehead atoms. The fraction of sp³-hybridized carbons (Fsp3) is 0.500. The molecule has 3 rings (SSSR count). The summed E-state index contributed by atoms with van der Waals surface area (Å²) in [6.45, 7) is 4.67. The van der Waals surface area contributed by atoms with Crippen molar-refractivity contribution < 1.29 is 14.5 Å². The highest BCUT2D eigenvalue weighted by atomic mass is 31.1. The van der Waals surface area contributed by atoms with Gasteiger partial charge in [-0.05, 0) is 44.9 Å². The van der Waals surface area contributed by atoms with Crippen LogP contribution in [0.1, 0.15) is 37.4 Å². The van der Waals surface area contributed by atoms with Crippen LogP contribution in [-0.2, 0) is 35.8 Å². The smallest absolute Gasteiger partial charge is 0.309 e. The standard InChI is InChI=1S/C18H25N4O3P/c1-18(2,17(23)24)11-13-10-14(21(3)20-13)12-22-9-5-6-15-16(26(22)25)7-4-8-19-15/h4,7-8,10,26H,5-6,9,11-12H2,1-3H3,(H,23,24). The Kier molecular flexibility index (Phi) is 5.30. The normalized spacial score (nSPS) is 18.3.